The van der Waals surface area contributed by atoms with Crippen LogP contribution in [-0.4, -0.2) is 17.8 Å². The molecule has 0 rings (SSSR count). The monoisotopic (exact) mass is 278 g/mol. The van der Waals surface area contributed by atoms with Gasteiger partial charge in [-0.1, -0.05) is 32.6 Å². The van der Waals surface area contributed by atoms with Crippen LogP contribution in [0.4, 0.5) is 20.5 Å². The molecular weight excluding hydrogens is 259 g/mol. The van der Waals surface area contributed by atoms with Crippen LogP contribution in [-0.2, 0) is 0 Å². The zero-order chi connectivity index (χ0) is 12.7. The summed E-state index contributed by atoms with van der Waals surface area (Å²) >= 11 is 0. The van der Waals surface area contributed by atoms with Crippen molar-refractivity contribution in [1.29, 1.82) is 0 Å². The molecule has 0 aromatic heterocycles. The molecule has 0 aromatic carbocycles. The van der Waals surface area contributed by atoms with Gasteiger partial charge in [0, 0.05) is 6.04 Å². The highest BCUT2D eigenvalue weighted by Crippen LogP contribution is 2.25. The van der Waals surface area contributed by atoms with E-state index in [-0.39, 0.29) is 18.5 Å². The van der Waals surface area contributed by atoms with Gasteiger partial charge in [0.1, 0.15) is 0 Å². The quantitative estimate of drug-likeness (QED) is 0.236. The molecule has 0 radical (unpaired) electrons. The summed E-state index contributed by atoms with van der Waals surface area (Å²) in [5, 5.41) is 0. The number of rotatable bonds is 9. The minimum Gasteiger partial charge on any atom is -0.270 e. The van der Waals surface area contributed by atoms with Crippen LogP contribution in [0.2, 0.25) is 18.1 Å². The molecule has 0 saturated carbocycles. The van der Waals surface area contributed by atoms with Crippen LogP contribution >= 0.6 is 0 Å². The van der Waals surface area contributed by atoms with E-state index in [1.54, 1.807) is 6.92 Å². The Morgan fingerprint density at radius 2 is 1.19 bits per heavy atom. The molecule has 7 heteroatoms. The van der Waals surface area contributed by atoms with Crippen molar-refractivity contribution in [3.63, 3.8) is 0 Å². The van der Waals surface area contributed by atoms with Gasteiger partial charge in [0.15, 0.2) is 0 Å². The number of halogens is 5. The van der Waals surface area contributed by atoms with Gasteiger partial charge in [-0.2, -0.15) is 0 Å². The Morgan fingerprint density at radius 3 is 1.62 bits per heavy atom. The van der Waals surface area contributed by atoms with Crippen molar-refractivity contribution in [2.45, 2.75) is 57.2 Å². The molecule has 0 nitrogen and oxygen atoms in total. The maximum atomic E-state index is 13.1. The first kappa shape index (κ1) is 16.1. The summed E-state index contributed by atoms with van der Waals surface area (Å²) in [6, 6.07) is -0.692. The van der Waals surface area contributed by atoms with Crippen molar-refractivity contribution in [2.75, 3.05) is 0 Å². The summed E-state index contributed by atoms with van der Waals surface area (Å²) in [6.45, 7) is 1.73. The fourth-order valence-electron chi connectivity index (χ4n) is 1.55. The third-order valence-corrected chi connectivity index (χ3v) is 5.61. The molecule has 0 aliphatic heterocycles. The lowest BCUT2D eigenvalue weighted by Crippen LogP contribution is -2.21. The zero-order valence-electron chi connectivity index (χ0n) is 9.55. The van der Waals surface area contributed by atoms with Gasteiger partial charge < -0.3 is 0 Å². The minimum absolute atomic E-state index is 0.0163. The summed E-state index contributed by atoms with van der Waals surface area (Å²) in [6.07, 6.45) is 1.95. The number of hydrogen-bond acceptors (Lipinski definition) is 0. The Hall–Kier alpha value is 0.0838. The topological polar surface area (TPSA) is 0 Å². The standard InChI is InChI=1S/C9H19F5Si2/c1-2-7-15(10,11)8-5-3-4-6-9-16(12,13)14/h2-9H2,1H3. The molecule has 16 heavy (non-hydrogen) atoms. The first-order valence-corrected chi connectivity index (χ1v) is 9.72. The molecule has 0 N–H and O–H groups in total. The van der Waals surface area contributed by atoms with Gasteiger partial charge in [0.2, 0.25) is 0 Å². The first-order valence-electron chi connectivity index (χ1n) is 5.71. The van der Waals surface area contributed by atoms with E-state index in [0.29, 0.717) is 25.7 Å². The van der Waals surface area contributed by atoms with E-state index in [0.717, 1.165) is 0 Å². The van der Waals surface area contributed by atoms with Crippen LogP contribution in [0.3, 0.4) is 0 Å². The molecule has 0 amide bonds. The Balaban J connectivity index is 3.40. The van der Waals surface area contributed by atoms with E-state index in [9.17, 15) is 20.5 Å². The molecule has 0 aromatic rings. The second kappa shape index (κ2) is 7.42. The summed E-state index contributed by atoms with van der Waals surface area (Å²) in [5.74, 6) is 0. The van der Waals surface area contributed by atoms with Crippen molar-refractivity contribution in [3.05, 3.63) is 0 Å². The molecule has 0 heterocycles. The summed E-state index contributed by atoms with van der Waals surface area (Å²) < 4.78 is 61.8. The second-order valence-electron chi connectivity index (χ2n) is 4.14. The van der Waals surface area contributed by atoms with E-state index in [2.05, 4.69) is 0 Å². The third kappa shape index (κ3) is 10.6. The molecule has 0 atom stereocenters. The van der Waals surface area contributed by atoms with E-state index in [4.69, 9.17) is 0 Å². The second-order valence-corrected chi connectivity index (χ2v) is 8.58. The van der Waals surface area contributed by atoms with Crippen LogP contribution in [0, 0.1) is 0 Å². The molecular formula is C9H19F5Si2. The SMILES string of the molecule is CCC[Si](F)(F)CCCCCC[Si](F)(F)F. The Labute approximate surface area is 96.1 Å². The van der Waals surface area contributed by atoms with Crippen LogP contribution in [0.1, 0.15) is 39.0 Å². The Morgan fingerprint density at radius 1 is 0.688 bits per heavy atom. The summed E-state index contributed by atoms with van der Waals surface area (Å²) in [5.41, 5.74) is 0. The fourth-order valence-corrected chi connectivity index (χ4v) is 3.95. The van der Waals surface area contributed by atoms with Crippen LogP contribution < -0.4 is 0 Å². The largest absolute Gasteiger partial charge is 0.616 e. The zero-order valence-corrected chi connectivity index (χ0v) is 11.5. The molecule has 0 bridgehead atoms. The molecule has 0 unspecified atom stereocenters. The first-order chi connectivity index (χ1) is 7.27. The molecule has 0 fully saturated rings. The maximum absolute atomic E-state index is 13.1. The number of unbranched alkanes of at least 4 members (excludes halogenated alkanes) is 3. The lowest BCUT2D eigenvalue weighted by atomic mass is 10.2. The molecule has 0 spiro atoms. The molecule has 0 aliphatic carbocycles. The molecule has 98 valence electrons. The van der Waals surface area contributed by atoms with Crippen LogP contribution in [0.25, 0.3) is 0 Å². The maximum Gasteiger partial charge on any atom is 0.616 e. The van der Waals surface area contributed by atoms with Crippen LogP contribution in [0.5, 0.6) is 0 Å². The highest BCUT2D eigenvalue weighted by atomic mass is 28.5. The van der Waals surface area contributed by atoms with Crippen molar-refractivity contribution >= 4 is 17.8 Å². The van der Waals surface area contributed by atoms with E-state index >= 15 is 0 Å². The third-order valence-electron chi connectivity index (χ3n) is 2.37. The van der Waals surface area contributed by atoms with Crippen LogP contribution in [0.15, 0.2) is 0 Å². The predicted octanol–water partition coefficient (Wildman–Crippen LogP) is 5.19. The Bertz CT molecular complexity index is 181. The van der Waals surface area contributed by atoms with Gasteiger partial charge >= 0.3 is 17.8 Å². The summed E-state index contributed by atoms with van der Waals surface area (Å²) in [7, 11) is -9.42. The predicted molar refractivity (Wildman–Crippen MR) is 60.2 cm³/mol. The molecule has 0 aliphatic rings. The average molecular weight is 278 g/mol. The van der Waals surface area contributed by atoms with Gasteiger partial charge in [-0.25, -0.2) is 12.3 Å². The van der Waals surface area contributed by atoms with Gasteiger partial charge in [-0.05, 0) is 18.5 Å². The van der Waals surface area contributed by atoms with E-state index < -0.39 is 23.9 Å². The Kier molecular flexibility index (Phi) is 7.46. The van der Waals surface area contributed by atoms with Gasteiger partial charge in [-0.15, -0.1) is 0 Å². The molecule has 0 saturated heterocycles. The van der Waals surface area contributed by atoms with Crippen molar-refractivity contribution < 1.29 is 20.5 Å². The average Bonchev–Trinajstić information content (AvgIpc) is 2.09. The van der Waals surface area contributed by atoms with Crippen molar-refractivity contribution in [3.8, 4) is 0 Å². The lowest BCUT2D eigenvalue weighted by Gasteiger charge is -2.11. The lowest BCUT2D eigenvalue weighted by molar-refractivity contribution is 0.459. The fraction of sp³-hybridized carbons (Fsp3) is 1.00. The highest BCUT2D eigenvalue weighted by molar-refractivity contribution is 6.66. The highest BCUT2D eigenvalue weighted by Gasteiger charge is 2.35. The van der Waals surface area contributed by atoms with E-state index in [1.807, 2.05) is 0 Å². The minimum atomic E-state index is -5.41. The van der Waals surface area contributed by atoms with Crippen molar-refractivity contribution in [1.82, 2.24) is 0 Å². The van der Waals surface area contributed by atoms with Crippen molar-refractivity contribution in [2.24, 2.45) is 0 Å². The summed E-state index contributed by atoms with van der Waals surface area (Å²) in [4.78, 5) is 0. The van der Waals surface area contributed by atoms with Gasteiger partial charge in [0.05, 0.1) is 0 Å². The normalized spacial score (nSPS) is 13.1. The van der Waals surface area contributed by atoms with Gasteiger partial charge in [0.25, 0.3) is 0 Å². The smallest absolute Gasteiger partial charge is 0.270 e. The number of hydrogen-bond donors (Lipinski definition) is 0. The van der Waals surface area contributed by atoms with E-state index in [1.165, 1.54) is 0 Å². The van der Waals surface area contributed by atoms with Gasteiger partial charge in [-0.3, -0.25) is 8.22 Å².